The van der Waals surface area contributed by atoms with Gasteiger partial charge in [0.2, 0.25) is 11.7 Å². The Labute approximate surface area is 168 Å². The molecule has 0 aromatic rings. The third-order valence-electron chi connectivity index (χ3n) is 3.19. The SMILES string of the molecule is CC(=O)N[C@H]1[C@H]([C@H](O)[C@H](O)CO)O[C@](O)(C(=O)[O-])C[C@@H]1O.[K+]. The number of amides is 1. The van der Waals surface area contributed by atoms with Gasteiger partial charge in [-0.05, 0) is 0 Å². The van der Waals surface area contributed by atoms with Gasteiger partial charge >= 0.3 is 51.4 Å². The molecule has 6 N–H and O–H groups in total. The minimum absolute atomic E-state index is 0. The molecule has 1 saturated heterocycles. The summed E-state index contributed by atoms with van der Waals surface area (Å²) in [5.41, 5.74) is 0. The van der Waals surface area contributed by atoms with Crippen LogP contribution >= 0.6 is 0 Å². The number of carbonyl (C=O) groups is 2. The molecule has 0 radical (unpaired) electrons. The van der Waals surface area contributed by atoms with E-state index in [1.807, 2.05) is 0 Å². The van der Waals surface area contributed by atoms with Crippen LogP contribution < -0.4 is 61.8 Å². The van der Waals surface area contributed by atoms with E-state index >= 15 is 0 Å². The predicted molar refractivity (Wildman–Crippen MR) is 62.2 cm³/mol. The van der Waals surface area contributed by atoms with Crippen molar-refractivity contribution in [2.45, 2.75) is 49.6 Å². The topological polar surface area (TPSA) is 180 Å². The van der Waals surface area contributed by atoms with Crippen molar-refractivity contribution in [2.75, 3.05) is 6.61 Å². The van der Waals surface area contributed by atoms with Crippen molar-refractivity contribution >= 4 is 11.9 Å². The largest absolute Gasteiger partial charge is 1.00 e. The summed E-state index contributed by atoms with van der Waals surface area (Å²) in [6, 6.07) is -1.29. The maximum atomic E-state index is 11.1. The Kier molecular flexibility index (Phi) is 9.12. The summed E-state index contributed by atoms with van der Waals surface area (Å²) in [6.07, 6.45) is -7.67. The quantitative estimate of drug-likeness (QED) is 0.263. The van der Waals surface area contributed by atoms with Gasteiger partial charge in [0.05, 0.1) is 18.8 Å². The molecule has 0 aromatic heterocycles. The Bertz CT molecular complexity index is 409. The molecular weight excluding hydrogens is 329 g/mol. The van der Waals surface area contributed by atoms with Crippen LogP contribution in [0.15, 0.2) is 0 Å². The fourth-order valence-electron chi connectivity index (χ4n) is 2.13. The van der Waals surface area contributed by atoms with E-state index < -0.39 is 61.1 Å². The van der Waals surface area contributed by atoms with E-state index in [9.17, 15) is 35.1 Å². The molecule has 1 heterocycles. The number of ether oxygens (including phenoxy) is 1. The molecule has 1 fully saturated rings. The number of carboxylic acid groups (broad SMARTS) is 1. The van der Waals surface area contributed by atoms with Gasteiger partial charge in [-0.3, -0.25) is 4.79 Å². The summed E-state index contributed by atoms with van der Waals surface area (Å²) in [6.45, 7) is 0.228. The molecule has 1 aliphatic heterocycles. The molecule has 122 valence electrons. The third-order valence-corrected chi connectivity index (χ3v) is 3.19. The zero-order chi connectivity index (χ0) is 16.4. The normalized spacial score (nSPS) is 34.2. The molecule has 22 heavy (non-hydrogen) atoms. The first-order valence-electron chi connectivity index (χ1n) is 6.16. The Hall–Kier alpha value is 0.336. The summed E-state index contributed by atoms with van der Waals surface area (Å²) in [5.74, 6) is -5.55. The van der Waals surface area contributed by atoms with E-state index in [-0.39, 0.29) is 51.4 Å². The Balaban J connectivity index is 0.00000441. The summed E-state index contributed by atoms with van der Waals surface area (Å²) in [5, 5.41) is 60.8. The summed E-state index contributed by atoms with van der Waals surface area (Å²) in [7, 11) is 0. The Morgan fingerprint density at radius 2 is 2.00 bits per heavy atom. The number of aliphatic carboxylic acids is 1. The maximum absolute atomic E-state index is 11.1. The van der Waals surface area contributed by atoms with E-state index in [0.29, 0.717) is 0 Å². The van der Waals surface area contributed by atoms with Crippen molar-refractivity contribution in [1.82, 2.24) is 5.32 Å². The van der Waals surface area contributed by atoms with Crippen LogP contribution in [0.3, 0.4) is 0 Å². The number of aliphatic hydroxyl groups excluding tert-OH is 4. The van der Waals surface area contributed by atoms with Crippen LogP contribution in [0.2, 0.25) is 0 Å². The molecule has 1 rings (SSSR count). The number of hydrogen-bond acceptors (Lipinski definition) is 9. The van der Waals surface area contributed by atoms with E-state index in [1.165, 1.54) is 0 Å². The number of nitrogens with one attached hydrogen (secondary N) is 1. The molecule has 0 spiro atoms. The van der Waals surface area contributed by atoms with Crippen LogP contribution in [-0.2, 0) is 14.3 Å². The van der Waals surface area contributed by atoms with Crippen LogP contribution in [0, 0.1) is 0 Å². The standard InChI is InChI=1S/C11H19NO9.K/c1-4(14)12-7-5(15)2-11(20,10(18)19)21-9(7)8(17)6(16)3-13;/h5-9,13,15-17,20H,2-3H2,1H3,(H,12,14)(H,18,19);/q;+1/p-1/t5-,6+,7+,8+,9+,11-;/m0./s1. The van der Waals surface area contributed by atoms with E-state index in [0.717, 1.165) is 6.92 Å². The van der Waals surface area contributed by atoms with Crippen molar-refractivity contribution in [3.63, 3.8) is 0 Å². The zero-order valence-corrected chi connectivity index (χ0v) is 15.3. The first-order valence-corrected chi connectivity index (χ1v) is 6.16. The summed E-state index contributed by atoms with van der Waals surface area (Å²) in [4.78, 5) is 22.0. The molecule has 0 aliphatic carbocycles. The molecule has 1 amide bonds. The molecule has 11 heteroatoms. The Morgan fingerprint density at radius 1 is 1.45 bits per heavy atom. The number of rotatable bonds is 5. The number of hydrogen-bond donors (Lipinski definition) is 6. The summed E-state index contributed by atoms with van der Waals surface area (Å²) >= 11 is 0. The molecule has 0 bridgehead atoms. The van der Waals surface area contributed by atoms with Gasteiger partial charge in [-0.2, -0.15) is 0 Å². The van der Waals surface area contributed by atoms with Crippen LogP contribution in [0.4, 0.5) is 0 Å². The number of carbonyl (C=O) groups excluding carboxylic acids is 2. The number of aliphatic hydroxyl groups is 5. The predicted octanol–water partition coefficient (Wildman–Crippen LogP) is -8.20. The number of carboxylic acids is 1. The van der Waals surface area contributed by atoms with E-state index in [2.05, 4.69) is 5.32 Å². The van der Waals surface area contributed by atoms with Crippen molar-refractivity contribution in [2.24, 2.45) is 0 Å². The van der Waals surface area contributed by atoms with Crippen LogP contribution in [0.5, 0.6) is 0 Å². The van der Waals surface area contributed by atoms with Crippen molar-refractivity contribution < 1.29 is 96.3 Å². The maximum Gasteiger partial charge on any atom is 1.00 e. The fourth-order valence-corrected chi connectivity index (χ4v) is 2.13. The Morgan fingerprint density at radius 3 is 2.41 bits per heavy atom. The first kappa shape index (κ1) is 22.3. The van der Waals surface area contributed by atoms with Crippen molar-refractivity contribution in [1.29, 1.82) is 0 Å². The molecule has 0 saturated carbocycles. The van der Waals surface area contributed by atoms with Gasteiger partial charge in [0, 0.05) is 13.3 Å². The smallest absolute Gasteiger partial charge is 0.544 e. The van der Waals surface area contributed by atoms with Gasteiger partial charge < -0.3 is 45.5 Å². The van der Waals surface area contributed by atoms with Crippen LogP contribution in [0.1, 0.15) is 13.3 Å². The van der Waals surface area contributed by atoms with E-state index in [1.54, 1.807) is 0 Å². The average Bonchev–Trinajstić information content (AvgIpc) is 2.39. The molecule has 1 aliphatic rings. The second kappa shape index (κ2) is 8.99. The van der Waals surface area contributed by atoms with Gasteiger partial charge in [-0.15, -0.1) is 0 Å². The average molecular weight is 347 g/mol. The minimum atomic E-state index is -2.89. The van der Waals surface area contributed by atoms with E-state index in [4.69, 9.17) is 9.84 Å². The van der Waals surface area contributed by atoms with Crippen molar-refractivity contribution in [3.8, 4) is 0 Å². The molecule has 0 aromatic carbocycles. The second-order valence-corrected chi connectivity index (χ2v) is 4.89. The van der Waals surface area contributed by atoms with Gasteiger partial charge in [0.1, 0.15) is 24.3 Å². The minimum Gasteiger partial charge on any atom is -0.544 e. The molecule has 6 atom stereocenters. The van der Waals surface area contributed by atoms with Gasteiger partial charge in [0.15, 0.2) is 0 Å². The third kappa shape index (κ3) is 5.17. The van der Waals surface area contributed by atoms with Gasteiger partial charge in [-0.1, -0.05) is 0 Å². The molecule has 10 nitrogen and oxygen atoms in total. The van der Waals surface area contributed by atoms with Crippen LogP contribution in [-0.4, -0.2) is 80.3 Å². The van der Waals surface area contributed by atoms with Gasteiger partial charge in [0.25, 0.3) is 0 Å². The molecule has 0 unspecified atom stereocenters. The summed E-state index contributed by atoms with van der Waals surface area (Å²) < 4.78 is 4.80. The first-order chi connectivity index (χ1) is 9.62. The zero-order valence-electron chi connectivity index (χ0n) is 12.2. The monoisotopic (exact) mass is 347 g/mol. The van der Waals surface area contributed by atoms with Crippen molar-refractivity contribution in [3.05, 3.63) is 0 Å². The fraction of sp³-hybridized carbons (Fsp3) is 0.818. The second-order valence-electron chi connectivity index (χ2n) is 4.89. The molecular formula is C11H18KNO9. The van der Waals surface area contributed by atoms with Gasteiger partial charge in [-0.25, -0.2) is 0 Å². The van der Waals surface area contributed by atoms with Crippen LogP contribution in [0.25, 0.3) is 0 Å².